The molecule has 0 fully saturated rings. The number of rotatable bonds is 14. The zero-order valence-electron chi connectivity index (χ0n) is 24.9. The van der Waals surface area contributed by atoms with E-state index in [9.17, 15) is 18.0 Å². The molecule has 10 heteroatoms. The van der Waals surface area contributed by atoms with Crippen molar-refractivity contribution in [2.75, 3.05) is 11.8 Å². The summed E-state index contributed by atoms with van der Waals surface area (Å²) in [5, 5.41) is 3.83. The van der Waals surface area contributed by atoms with Crippen molar-refractivity contribution in [3.05, 3.63) is 65.4 Å². The van der Waals surface area contributed by atoms with Crippen molar-refractivity contribution < 1.29 is 27.0 Å². The quantitative estimate of drug-likeness (QED) is 0.184. The van der Waals surface area contributed by atoms with Crippen LogP contribution in [-0.4, -0.2) is 43.0 Å². The number of likely N-dealkylation sites (N-methyl/N-ethyl adjacent to an activating group) is 1. The van der Waals surface area contributed by atoms with Gasteiger partial charge in [0.1, 0.15) is 6.54 Å². The van der Waals surface area contributed by atoms with E-state index in [-0.39, 0.29) is 27.1 Å². The van der Waals surface area contributed by atoms with Crippen molar-refractivity contribution in [2.24, 2.45) is 11.7 Å². The highest BCUT2D eigenvalue weighted by atomic mass is 32.2. The van der Waals surface area contributed by atoms with Crippen molar-refractivity contribution in [3.63, 3.8) is 0 Å². The number of nitrogens with zero attached hydrogens (tertiary/aromatic N) is 2. The Morgan fingerprint density at radius 1 is 1.05 bits per heavy atom. The third kappa shape index (κ3) is 7.62. The van der Waals surface area contributed by atoms with Crippen molar-refractivity contribution in [1.82, 2.24) is 5.16 Å². The van der Waals surface area contributed by atoms with Crippen LogP contribution < -0.4 is 10.5 Å². The smallest absolute Gasteiger partial charge is 0.314 e. The van der Waals surface area contributed by atoms with E-state index in [4.69, 9.17) is 10.3 Å². The Morgan fingerprint density at radius 2 is 1.71 bits per heavy atom. The number of quaternary nitrogens is 1. The second kappa shape index (κ2) is 13.4. The normalized spacial score (nSPS) is 14.0. The maximum absolute atomic E-state index is 13.6. The first-order valence-corrected chi connectivity index (χ1v) is 15.6. The van der Waals surface area contributed by atoms with Gasteiger partial charge in [0, 0.05) is 23.1 Å². The minimum atomic E-state index is -3.98. The Kier molecular flexibility index (Phi) is 10.5. The number of benzene rings is 2. The lowest BCUT2D eigenvalue weighted by atomic mass is 9.97. The molecule has 0 aliphatic carbocycles. The Morgan fingerprint density at radius 3 is 2.27 bits per heavy atom. The van der Waals surface area contributed by atoms with E-state index in [1.807, 2.05) is 38.1 Å². The standard InChI is InChI=1S/C31H42N4O5S/c1-7-8-9-14-29(36)35(6,27(30(32)37)19-21(2)3)20-24-15-17-25(18-16-24)26-12-10-11-13-28(26)41(38,39)34-31-22(4)23(5)33-40-31/h10-13,15-18,21,27H,7-9,14,19-20H2,1-6H3,(H2-,32,33,34,37)/p+1/t27-,35?/m0/s1. The van der Waals surface area contributed by atoms with Gasteiger partial charge in [0.25, 0.3) is 15.9 Å². The van der Waals surface area contributed by atoms with E-state index in [0.717, 1.165) is 24.8 Å². The monoisotopic (exact) mass is 583 g/mol. The van der Waals surface area contributed by atoms with Crippen LogP contribution in [0.4, 0.5) is 5.88 Å². The number of hydrogen-bond acceptors (Lipinski definition) is 6. The molecule has 0 saturated carbocycles. The van der Waals surface area contributed by atoms with Crippen molar-refractivity contribution in [1.29, 1.82) is 0 Å². The number of unbranched alkanes of at least 4 members (excludes halogenated alkanes) is 2. The summed E-state index contributed by atoms with van der Waals surface area (Å²) in [5.74, 6) is -0.218. The fraction of sp³-hybridized carbons (Fsp3) is 0.452. The van der Waals surface area contributed by atoms with Crippen molar-refractivity contribution >= 4 is 27.7 Å². The Bertz CT molecular complexity index is 1460. The first kappa shape index (κ1) is 32.0. The van der Waals surface area contributed by atoms with Gasteiger partial charge in [-0.05, 0) is 37.8 Å². The van der Waals surface area contributed by atoms with E-state index in [2.05, 4.69) is 16.8 Å². The molecule has 0 aliphatic rings. The van der Waals surface area contributed by atoms with Crippen LogP contribution in [0.25, 0.3) is 11.1 Å². The first-order valence-electron chi connectivity index (χ1n) is 14.1. The fourth-order valence-corrected chi connectivity index (χ4v) is 6.30. The van der Waals surface area contributed by atoms with E-state index >= 15 is 0 Å². The zero-order valence-corrected chi connectivity index (χ0v) is 25.8. The average Bonchev–Trinajstić information content (AvgIpc) is 3.23. The molecule has 0 saturated heterocycles. The van der Waals surface area contributed by atoms with Gasteiger partial charge in [0.15, 0.2) is 6.04 Å². The molecule has 1 heterocycles. The third-order valence-corrected chi connectivity index (χ3v) is 9.00. The summed E-state index contributed by atoms with van der Waals surface area (Å²) in [6.07, 6.45) is 3.59. The summed E-state index contributed by atoms with van der Waals surface area (Å²) in [5.41, 5.74) is 9.14. The summed E-state index contributed by atoms with van der Waals surface area (Å²) in [6.45, 7) is 9.89. The van der Waals surface area contributed by atoms with Crippen molar-refractivity contribution in [3.8, 4) is 11.1 Å². The summed E-state index contributed by atoms with van der Waals surface area (Å²) >= 11 is 0. The predicted octanol–water partition coefficient (Wildman–Crippen LogP) is 5.71. The number of nitrogens with one attached hydrogen (secondary N) is 1. The summed E-state index contributed by atoms with van der Waals surface area (Å²) in [4.78, 5) is 26.3. The van der Waals surface area contributed by atoms with Gasteiger partial charge in [-0.1, -0.05) is 81.2 Å². The van der Waals surface area contributed by atoms with Crippen molar-refractivity contribution in [2.45, 2.75) is 84.2 Å². The van der Waals surface area contributed by atoms with E-state index in [1.165, 1.54) is 6.07 Å². The number of nitrogens with two attached hydrogens (primary N) is 1. The van der Waals surface area contributed by atoms with Gasteiger partial charge < -0.3 is 10.3 Å². The number of anilines is 1. The van der Waals surface area contributed by atoms with Crippen LogP contribution in [0, 0.1) is 19.8 Å². The molecule has 222 valence electrons. The molecule has 41 heavy (non-hydrogen) atoms. The lowest BCUT2D eigenvalue weighted by Crippen LogP contribution is -2.60. The average molecular weight is 584 g/mol. The summed E-state index contributed by atoms with van der Waals surface area (Å²) in [6, 6.07) is 13.5. The third-order valence-electron chi connectivity index (χ3n) is 7.61. The lowest BCUT2D eigenvalue weighted by Gasteiger charge is -2.38. The number of primary amides is 1. The Balaban J connectivity index is 1.94. The molecule has 1 aromatic heterocycles. The molecule has 1 unspecified atom stereocenters. The van der Waals surface area contributed by atoms with Crippen LogP contribution in [0.1, 0.15) is 69.7 Å². The number of hydrogen-bond donors (Lipinski definition) is 2. The van der Waals surface area contributed by atoms with Crippen LogP contribution in [0.15, 0.2) is 57.9 Å². The largest absolute Gasteiger partial charge is 0.364 e. The molecular weight excluding hydrogens is 540 g/mol. The highest BCUT2D eigenvalue weighted by Gasteiger charge is 2.43. The Hall–Kier alpha value is -3.50. The molecule has 2 atom stereocenters. The highest BCUT2D eigenvalue weighted by molar-refractivity contribution is 7.92. The van der Waals surface area contributed by atoms with Crippen LogP contribution in [0.3, 0.4) is 0 Å². The zero-order chi connectivity index (χ0) is 30.4. The molecule has 9 nitrogen and oxygen atoms in total. The minimum absolute atomic E-state index is 0.00700. The van der Waals surface area contributed by atoms with Gasteiger partial charge in [-0.2, -0.15) is 0 Å². The molecule has 2 aromatic carbocycles. The molecule has 3 aromatic rings. The molecule has 3 N–H and O–H groups in total. The summed E-state index contributed by atoms with van der Waals surface area (Å²) in [7, 11) is -2.17. The number of aromatic nitrogens is 1. The maximum Gasteiger partial charge on any atom is 0.314 e. The second-order valence-corrected chi connectivity index (χ2v) is 13.0. The topological polar surface area (TPSA) is 132 Å². The van der Waals surface area contributed by atoms with Gasteiger partial charge in [0.05, 0.1) is 24.1 Å². The molecule has 0 spiro atoms. The van der Waals surface area contributed by atoms with Crippen LogP contribution in [-0.2, 0) is 26.2 Å². The predicted molar refractivity (Wildman–Crippen MR) is 160 cm³/mol. The summed E-state index contributed by atoms with van der Waals surface area (Å²) < 4.78 is 34.3. The fourth-order valence-electron chi connectivity index (χ4n) is 5.03. The first-order chi connectivity index (χ1) is 19.3. The minimum Gasteiger partial charge on any atom is -0.364 e. The van der Waals surface area contributed by atoms with Gasteiger partial charge >= 0.3 is 5.91 Å². The molecular formula is C31H43N4O5S+. The maximum atomic E-state index is 13.6. The van der Waals surface area contributed by atoms with Gasteiger partial charge in [-0.25, -0.2) is 22.4 Å². The molecule has 0 aliphatic heterocycles. The van der Waals surface area contributed by atoms with Gasteiger partial charge in [0.2, 0.25) is 5.88 Å². The number of carbonyl (C=O) groups excluding carboxylic acids is 2. The number of amides is 2. The molecule has 2 amide bonds. The number of aryl methyl sites for hydroxylation is 1. The molecule has 0 radical (unpaired) electrons. The SMILES string of the molecule is CCCCCC(=O)[N+](C)(Cc1ccc(-c2ccccc2S(=O)(=O)Nc2onc(C)c2C)cc1)[C@@H](CC(C)C)C(N)=O. The van der Waals surface area contributed by atoms with Gasteiger partial charge in [-0.15, -0.1) is 0 Å². The molecule has 3 rings (SSSR count). The van der Waals surface area contributed by atoms with Gasteiger partial charge in [-0.3, -0.25) is 4.79 Å². The van der Waals surface area contributed by atoms with Crippen LogP contribution in [0.5, 0.6) is 0 Å². The highest BCUT2D eigenvalue weighted by Crippen LogP contribution is 2.31. The Labute approximate surface area is 243 Å². The number of sulfonamides is 1. The van der Waals surface area contributed by atoms with Crippen LogP contribution in [0.2, 0.25) is 0 Å². The number of carbonyl (C=O) groups is 2. The van der Waals surface area contributed by atoms with Crippen LogP contribution >= 0.6 is 0 Å². The second-order valence-electron chi connectivity index (χ2n) is 11.3. The van der Waals surface area contributed by atoms with E-state index in [0.29, 0.717) is 41.8 Å². The van der Waals surface area contributed by atoms with E-state index < -0.39 is 22.0 Å². The lowest BCUT2D eigenvalue weighted by molar-refractivity contribution is -0.865. The molecule has 0 bridgehead atoms. The van der Waals surface area contributed by atoms with E-state index in [1.54, 1.807) is 39.1 Å².